The van der Waals surface area contributed by atoms with Gasteiger partial charge in [-0.05, 0) is 93.7 Å². The fraction of sp³-hybridized carbons (Fsp3) is 0.452. The van der Waals surface area contributed by atoms with Gasteiger partial charge in [0.2, 0.25) is 5.95 Å². The molecule has 0 bridgehead atoms. The van der Waals surface area contributed by atoms with Gasteiger partial charge in [0, 0.05) is 37.0 Å². The highest BCUT2D eigenvalue weighted by molar-refractivity contribution is 6.08. The number of rotatable bonds is 12. The third-order valence-corrected chi connectivity index (χ3v) is 7.23. The quantitative estimate of drug-likeness (QED) is 0.302. The van der Waals surface area contributed by atoms with Crippen LogP contribution in [0.4, 0.5) is 5.95 Å². The molecule has 37 heavy (non-hydrogen) atoms. The lowest BCUT2D eigenvalue weighted by Gasteiger charge is -2.38. The van der Waals surface area contributed by atoms with E-state index < -0.39 is 0 Å². The number of likely N-dealkylation sites (tertiary alicyclic amines) is 1. The summed E-state index contributed by atoms with van der Waals surface area (Å²) in [6.07, 6.45) is 13.1. The van der Waals surface area contributed by atoms with Crippen LogP contribution in [0.1, 0.15) is 51.5 Å². The Balaban J connectivity index is 1.37. The first kappa shape index (κ1) is 27.0. The van der Waals surface area contributed by atoms with Crippen LogP contribution in [0.15, 0.2) is 72.5 Å². The van der Waals surface area contributed by atoms with Crippen molar-refractivity contribution >= 4 is 11.7 Å². The molecule has 1 saturated heterocycles. The predicted molar refractivity (Wildman–Crippen MR) is 154 cm³/mol. The number of hydrogen-bond acceptors (Lipinski definition) is 5. The molecule has 1 aliphatic heterocycles. The molecule has 0 radical (unpaired) electrons. The van der Waals surface area contributed by atoms with Crippen molar-refractivity contribution in [3.63, 3.8) is 0 Å². The minimum absolute atomic E-state index is 0.227. The van der Waals surface area contributed by atoms with Gasteiger partial charge in [0.25, 0.3) is 0 Å². The highest BCUT2D eigenvalue weighted by Gasteiger charge is 2.24. The lowest BCUT2D eigenvalue weighted by molar-refractivity contribution is 0.102. The number of hydrogen-bond donors (Lipinski definition) is 1. The third kappa shape index (κ3) is 7.70. The zero-order chi connectivity index (χ0) is 26.0. The van der Waals surface area contributed by atoms with Crippen LogP contribution < -0.4 is 5.32 Å². The molecule has 2 heterocycles. The lowest BCUT2D eigenvalue weighted by Crippen LogP contribution is -2.45. The second kappa shape index (κ2) is 13.5. The Hall–Kier alpha value is -3.09. The summed E-state index contributed by atoms with van der Waals surface area (Å²) in [5, 5.41) is 3.34. The normalized spacial score (nSPS) is 16.9. The molecule has 196 valence electrons. The molecule has 4 rings (SSSR count). The number of nitrogens with zero attached hydrogens (tertiary/aromatic N) is 4. The first-order chi connectivity index (χ1) is 18.1. The van der Waals surface area contributed by atoms with Crippen molar-refractivity contribution in [1.29, 1.82) is 0 Å². The van der Waals surface area contributed by atoms with Crippen molar-refractivity contribution < 1.29 is 4.79 Å². The molecule has 0 amide bonds. The Bertz CT molecular complexity index is 1130. The number of aromatic nitrogens is 2. The van der Waals surface area contributed by atoms with Gasteiger partial charge in [0.1, 0.15) is 0 Å². The van der Waals surface area contributed by atoms with Gasteiger partial charge in [-0.15, -0.1) is 0 Å². The van der Waals surface area contributed by atoms with Crippen molar-refractivity contribution in [2.24, 2.45) is 0 Å². The average molecular weight is 501 g/mol. The summed E-state index contributed by atoms with van der Waals surface area (Å²) in [6, 6.07) is 11.5. The topological polar surface area (TPSA) is 65.7 Å². The lowest BCUT2D eigenvalue weighted by atomic mass is 10.0. The van der Waals surface area contributed by atoms with Crippen LogP contribution in [0.25, 0.3) is 11.3 Å². The first-order valence-electron chi connectivity index (χ1n) is 13.8. The van der Waals surface area contributed by atoms with Gasteiger partial charge in [0.15, 0.2) is 0 Å². The van der Waals surface area contributed by atoms with E-state index in [-0.39, 0.29) is 5.78 Å². The summed E-state index contributed by atoms with van der Waals surface area (Å²) < 4.78 is 0. The Labute approximate surface area is 222 Å². The van der Waals surface area contributed by atoms with Gasteiger partial charge in [0.05, 0.1) is 11.3 Å². The molecular formula is C31H42N5O+. The Morgan fingerprint density at radius 2 is 1.97 bits per heavy atom. The summed E-state index contributed by atoms with van der Waals surface area (Å²) in [7, 11) is 0. The molecule has 0 atom stereocenters. The summed E-state index contributed by atoms with van der Waals surface area (Å²) in [5.74, 6) is 0.855. The van der Waals surface area contributed by atoms with Gasteiger partial charge >= 0.3 is 5.78 Å². The maximum Gasteiger partial charge on any atom is 0.346 e. The fourth-order valence-electron chi connectivity index (χ4n) is 5.28. The summed E-state index contributed by atoms with van der Waals surface area (Å²) >= 11 is 0. The zero-order valence-electron chi connectivity index (χ0n) is 22.5. The number of benzene rings is 1. The van der Waals surface area contributed by atoms with Crippen molar-refractivity contribution in [2.75, 3.05) is 38.0 Å². The fourth-order valence-corrected chi connectivity index (χ4v) is 5.28. The maximum atomic E-state index is 9.67. The van der Waals surface area contributed by atoms with Crippen molar-refractivity contribution in [2.45, 2.75) is 58.5 Å². The molecule has 2 N–H and O–H groups in total. The monoisotopic (exact) mass is 500 g/mol. The molecule has 0 spiro atoms. The zero-order valence-corrected chi connectivity index (χ0v) is 22.5. The van der Waals surface area contributed by atoms with Gasteiger partial charge in [-0.3, -0.25) is 9.69 Å². The molecule has 1 aromatic heterocycles. The number of piperidine rings is 1. The van der Waals surface area contributed by atoms with Crippen LogP contribution in [0.2, 0.25) is 0 Å². The second-order valence-corrected chi connectivity index (χ2v) is 10.1. The second-order valence-electron chi connectivity index (χ2n) is 10.1. The number of nitrogens with one attached hydrogen (secondary N) is 1. The molecule has 2 aliphatic rings. The van der Waals surface area contributed by atoms with Crippen LogP contribution in [0, 0.1) is 0 Å². The Kier molecular flexibility index (Phi) is 9.80. The molecule has 6 heteroatoms. The van der Waals surface area contributed by atoms with Gasteiger partial charge < -0.3 is 10.2 Å². The van der Waals surface area contributed by atoms with Crippen molar-refractivity contribution in [1.82, 2.24) is 19.8 Å². The standard InChI is InChI=1S/C31H41N5O/c1-4-17-35-19-13-28(14-20-35)36(18-5-2)23-26-7-6-8-27(22-26)29-12-16-33-31(34-29)32-15-11-25-9-10-30(37)24(3)21-25/h6-10,12,16,21-22,28H,3-5,11,13-15,17-20,23H2,1-2H3,(H,32,33,34)/p+1. The number of allylic oxidation sites excluding steroid dienone is 4. The van der Waals surface area contributed by atoms with E-state index in [9.17, 15) is 4.79 Å². The van der Waals surface area contributed by atoms with Gasteiger partial charge in [-0.1, -0.05) is 38.6 Å². The van der Waals surface area contributed by atoms with E-state index in [1.165, 1.54) is 50.9 Å². The van der Waals surface area contributed by atoms with E-state index in [0.29, 0.717) is 24.1 Å². The average Bonchev–Trinajstić information content (AvgIpc) is 2.91. The third-order valence-electron chi connectivity index (χ3n) is 7.23. The van der Waals surface area contributed by atoms with Gasteiger partial charge in [-0.25, -0.2) is 9.97 Å². The molecule has 6 nitrogen and oxygen atoms in total. The molecule has 0 saturated carbocycles. The van der Waals surface area contributed by atoms with E-state index in [0.717, 1.165) is 36.3 Å². The van der Waals surface area contributed by atoms with Crippen LogP contribution in [0.3, 0.4) is 0 Å². The van der Waals surface area contributed by atoms with Crippen LogP contribution in [-0.4, -0.2) is 69.1 Å². The maximum absolute atomic E-state index is 9.67. The minimum atomic E-state index is 0.227. The van der Waals surface area contributed by atoms with E-state index >= 15 is 0 Å². The van der Waals surface area contributed by atoms with Gasteiger partial charge in [-0.2, -0.15) is 0 Å². The number of carbonyl (C=O) groups excluding carboxylic acids is 1. The van der Waals surface area contributed by atoms with E-state index in [1.54, 1.807) is 6.08 Å². The highest BCUT2D eigenvalue weighted by Crippen LogP contribution is 2.23. The highest BCUT2D eigenvalue weighted by atomic mass is 16.1. The van der Waals surface area contributed by atoms with Crippen LogP contribution in [0.5, 0.6) is 0 Å². The summed E-state index contributed by atoms with van der Waals surface area (Å²) in [5.41, 5.74) is 5.16. The van der Waals surface area contributed by atoms with Crippen LogP contribution in [-0.2, 0) is 6.54 Å². The largest absolute Gasteiger partial charge is 0.354 e. The van der Waals surface area contributed by atoms with E-state index in [2.05, 4.69) is 64.8 Å². The molecule has 1 fully saturated rings. The number of ketones is 1. The molecule has 1 aliphatic carbocycles. The summed E-state index contributed by atoms with van der Waals surface area (Å²) in [6.45, 7) is 14.9. The minimum Gasteiger partial charge on any atom is -0.354 e. The van der Waals surface area contributed by atoms with Crippen molar-refractivity contribution in [3.05, 3.63) is 78.0 Å². The molecule has 0 unspecified atom stereocenters. The SMILES string of the molecule is C=C1C=C(CCNc2nccc(-c3cccc(CN(CCC)C4CCN(CCC)CC4)c3)n2)C=CC1=[OH+]. The molecule has 1 aromatic carbocycles. The number of anilines is 1. The molecule has 2 aromatic rings. The Morgan fingerprint density at radius 1 is 1.14 bits per heavy atom. The predicted octanol–water partition coefficient (Wildman–Crippen LogP) is 5.63. The Morgan fingerprint density at radius 3 is 2.73 bits per heavy atom. The smallest absolute Gasteiger partial charge is 0.346 e. The first-order valence-corrected chi connectivity index (χ1v) is 13.8. The summed E-state index contributed by atoms with van der Waals surface area (Å²) in [4.78, 5) is 24.2. The molecular weight excluding hydrogens is 458 g/mol. The van der Waals surface area contributed by atoms with Crippen LogP contribution >= 0.6 is 0 Å². The van der Waals surface area contributed by atoms with E-state index in [1.807, 2.05) is 24.4 Å². The van der Waals surface area contributed by atoms with E-state index in [4.69, 9.17) is 4.98 Å². The van der Waals surface area contributed by atoms with Crippen molar-refractivity contribution in [3.8, 4) is 11.3 Å².